The minimum Gasteiger partial charge on any atom is -0.396 e. The number of rotatable bonds is 5. The predicted octanol–water partition coefficient (Wildman–Crippen LogP) is 3.14. The lowest BCUT2D eigenvalue weighted by Crippen LogP contribution is -1.98. The van der Waals surface area contributed by atoms with E-state index in [1.54, 1.807) is 0 Å². The summed E-state index contributed by atoms with van der Waals surface area (Å²) < 4.78 is 0. The SMILES string of the molecule is CC(C)(C)C=CCCCCCO. The number of aliphatic hydroxyl groups is 1. The van der Waals surface area contributed by atoms with E-state index in [1.165, 1.54) is 6.42 Å². The van der Waals surface area contributed by atoms with E-state index in [0.29, 0.717) is 12.0 Å². The summed E-state index contributed by atoms with van der Waals surface area (Å²) in [4.78, 5) is 0. The molecule has 1 heteroatoms. The topological polar surface area (TPSA) is 20.2 Å². The lowest BCUT2D eigenvalue weighted by Gasteiger charge is -2.10. The van der Waals surface area contributed by atoms with Gasteiger partial charge in [-0.2, -0.15) is 0 Å². The fraction of sp³-hybridized carbons (Fsp3) is 0.818. The summed E-state index contributed by atoms with van der Waals surface area (Å²) in [6, 6.07) is 0. The van der Waals surface area contributed by atoms with Crippen molar-refractivity contribution in [2.45, 2.75) is 46.5 Å². The van der Waals surface area contributed by atoms with Crippen molar-refractivity contribution in [1.29, 1.82) is 0 Å². The monoisotopic (exact) mass is 170 g/mol. The van der Waals surface area contributed by atoms with Gasteiger partial charge in [0.05, 0.1) is 0 Å². The Kier molecular flexibility index (Phi) is 6.09. The summed E-state index contributed by atoms with van der Waals surface area (Å²) in [5.74, 6) is 0. The van der Waals surface area contributed by atoms with Gasteiger partial charge in [0.15, 0.2) is 0 Å². The Bertz CT molecular complexity index is 119. The highest BCUT2D eigenvalue weighted by atomic mass is 16.2. The smallest absolute Gasteiger partial charge is 0.0431 e. The quantitative estimate of drug-likeness (QED) is 0.496. The van der Waals surface area contributed by atoms with Gasteiger partial charge in [-0.25, -0.2) is 0 Å². The van der Waals surface area contributed by atoms with Crippen LogP contribution < -0.4 is 0 Å². The van der Waals surface area contributed by atoms with E-state index >= 15 is 0 Å². The molecule has 0 bridgehead atoms. The second-order valence-electron chi connectivity index (χ2n) is 4.34. The highest BCUT2D eigenvalue weighted by Gasteiger charge is 2.02. The van der Waals surface area contributed by atoms with E-state index in [4.69, 9.17) is 5.11 Å². The molecule has 0 aliphatic carbocycles. The number of hydrogen-bond acceptors (Lipinski definition) is 1. The van der Waals surface area contributed by atoms with Crippen LogP contribution in [-0.4, -0.2) is 11.7 Å². The minimum absolute atomic E-state index is 0.316. The van der Waals surface area contributed by atoms with Crippen molar-refractivity contribution >= 4 is 0 Å². The van der Waals surface area contributed by atoms with Crippen molar-refractivity contribution in [3.8, 4) is 0 Å². The number of unbranched alkanes of at least 4 members (excludes halogenated alkanes) is 3. The summed E-state index contributed by atoms with van der Waals surface area (Å²) in [6.07, 6.45) is 8.95. The minimum atomic E-state index is 0.316. The molecule has 1 nitrogen and oxygen atoms in total. The van der Waals surface area contributed by atoms with Gasteiger partial charge in [0.2, 0.25) is 0 Å². The molecule has 0 fully saturated rings. The number of aliphatic hydroxyl groups excluding tert-OH is 1. The van der Waals surface area contributed by atoms with Gasteiger partial charge >= 0.3 is 0 Å². The first-order valence-corrected chi connectivity index (χ1v) is 4.85. The maximum absolute atomic E-state index is 8.53. The van der Waals surface area contributed by atoms with E-state index in [0.717, 1.165) is 19.3 Å². The standard InChI is InChI=1S/C11H22O/c1-11(2,3)9-7-5-4-6-8-10-12/h7,9,12H,4-6,8,10H2,1-3H3. The van der Waals surface area contributed by atoms with Crippen LogP contribution in [0.5, 0.6) is 0 Å². The van der Waals surface area contributed by atoms with Gasteiger partial charge in [-0.15, -0.1) is 0 Å². The molecule has 0 rings (SSSR count). The summed E-state index contributed by atoms with van der Waals surface area (Å²) in [5, 5.41) is 8.53. The average molecular weight is 170 g/mol. The first-order valence-electron chi connectivity index (χ1n) is 4.85. The number of hydrogen-bond donors (Lipinski definition) is 1. The van der Waals surface area contributed by atoms with Crippen LogP contribution in [0.3, 0.4) is 0 Å². The molecule has 0 aromatic rings. The van der Waals surface area contributed by atoms with Gasteiger partial charge in [-0.1, -0.05) is 39.3 Å². The molecule has 0 saturated carbocycles. The molecule has 12 heavy (non-hydrogen) atoms. The van der Waals surface area contributed by atoms with Crippen LogP contribution in [0, 0.1) is 5.41 Å². The van der Waals surface area contributed by atoms with E-state index < -0.39 is 0 Å². The molecule has 0 aromatic heterocycles. The second-order valence-corrected chi connectivity index (χ2v) is 4.34. The second kappa shape index (κ2) is 6.24. The third-order valence-electron chi connectivity index (χ3n) is 1.65. The molecule has 0 aromatic carbocycles. The van der Waals surface area contributed by atoms with Crippen molar-refractivity contribution in [2.75, 3.05) is 6.61 Å². The molecule has 0 heterocycles. The lowest BCUT2D eigenvalue weighted by atomic mass is 9.96. The Balaban J connectivity index is 3.25. The van der Waals surface area contributed by atoms with Gasteiger partial charge in [-0.05, 0) is 24.7 Å². The largest absolute Gasteiger partial charge is 0.396 e. The summed E-state index contributed by atoms with van der Waals surface area (Å²) in [5.41, 5.74) is 0.316. The van der Waals surface area contributed by atoms with E-state index in [1.807, 2.05) is 0 Å². The molecule has 0 aliphatic rings. The normalized spacial score (nSPS) is 12.7. The maximum atomic E-state index is 8.53. The Hall–Kier alpha value is -0.300. The third kappa shape index (κ3) is 9.70. The van der Waals surface area contributed by atoms with Crippen LogP contribution in [0.15, 0.2) is 12.2 Å². The fourth-order valence-corrected chi connectivity index (χ4v) is 0.988. The first-order chi connectivity index (χ1) is 5.56. The Morgan fingerprint density at radius 3 is 2.25 bits per heavy atom. The zero-order valence-electron chi connectivity index (χ0n) is 8.64. The summed E-state index contributed by atoms with van der Waals surface area (Å²) in [6.45, 7) is 6.95. The van der Waals surface area contributed by atoms with Gasteiger partial charge in [0, 0.05) is 6.61 Å². The zero-order chi connectivity index (χ0) is 9.45. The van der Waals surface area contributed by atoms with Crippen LogP contribution in [0.25, 0.3) is 0 Å². The third-order valence-corrected chi connectivity index (χ3v) is 1.65. The van der Waals surface area contributed by atoms with E-state index in [9.17, 15) is 0 Å². The van der Waals surface area contributed by atoms with Crippen molar-refractivity contribution in [3.63, 3.8) is 0 Å². The zero-order valence-corrected chi connectivity index (χ0v) is 8.64. The van der Waals surface area contributed by atoms with Gasteiger partial charge in [0.1, 0.15) is 0 Å². The summed E-state index contributed by atoms with van der Waals surface area (Å²) >= 11 is 0. The Morgan fingerprint density at radius 1 is 1.08 bits per heavy atom. The lowest BCUT2D eigenvalue weighted by molar-refractivity contribution is 0.283. The molecule has 1 N–H and O–H groups in total. The van der Waals surface area contributed by atoms with Crippen molar-refractivity contribution in [2.24, 2.45) is 5.41 Å². The van der Waals surface area contributed by atoms with Crippen LogP contribution in [-0.2, 0) is 0 Å². The molecular formula is C11H22O. The van der Waals surface area contributed by atoms with Crippen molar-refractivity contribution in [3.05, 3.63) is 12.2 Å². The number of allylic oxidation sites excluding steroid dienone is 2. The van der Waals surface area contributed by atoms with Crippen molar-refractivity contribution < 1.29 is 5.11 Å². The predicted molar refractivity (Wildman–Crippen MR) is 54.1 cm³/mol. The molecule has 0 atom stereocenters. The molecule has 72 valence electrons. The molecule has 0 amide bonds. The Morgan fingerprint density at radius 2 is 1.75 bits per heavy atom. The average Bonchev–Trinajstić information content (AvgIpc) is 1.94. The van der Waals surface area contributed by atoms with Gasteiger partial charge in [0.25, 0.3) is 0 Å². The molecular weight excluding hydrogens is 148 g/mol. The molecule has 0 spiro atoms. The van der Waals surface area contributed by atoms with Gasteiger partial charge in [-0.3, -0.25) is 0 Å². The van der Waals surface area contributed by atoms with Crippen LogP contribution >= 0.6 is 0 Å². The highest BCUT2D eigenvalue weighted by Crippen LogP contribution is 2.15. The van der Waals surface area contributed by atoms with Crippen molar-refractivity contribution in [1.82, 2.24) is 0 Å². The molecule has 0 unspecified atom stereocenters. The van der Waals surface area contributed by atoms with Crippen LogP contribution in [0.2, 0.25) is 0 Å². The van der Waals surface area contributed by atoms with Crippen LogP contribution in [0.4, 0.5) is 0 Å². The van der Waals surface area contributed by atoms with E-state index in [2.05, 4.69) is 32.9 Å². The fourth-order valence-electron chi connectivity index (χ4n) is 0.988. The first kappa shape index (κ1) is 11.7. The Labute approximate surface area is 76.5 Å². The maximum Gasteiger partial charge on any atom is 0.0431 e. The van der Waals surface area contributed by atoms with Gasteiger partial charge < -0.3 is 5.11 Å². The van der Waals surface area contributed by atoms with E-state index in [-0.39, 0.29) is 0 Å². The summed E-state index contributed by atoms with van der Waals surface area (Å²) in [7, 11) is 0. The van der Waals surface area contributed by atoms with Crippen LogP contribution in [0.1, 0.15) is 46.5 Å². The molecule has 0 aliphatic heterocycles. The molecule has 0 saturated heterocycles. The highest BCUT2D eigenvalue weighted by molar-refractivity contribution is 4.91. The molecule has 0 radical (unpaired) electrons.